The molecule has 2 aromatic carbocycles. The number of anilines is 1. The summed E-state index contributed by atoms with van der Waals surface area (Å²) in [5.74, 6) is -1.83. The molecule has 4 rings (SSSR count). The van der Waals surface area contributed by atoms with E-state index in [4.69, 9.17) is 4.74 Å². The normalized spacial score (nSPS) is 15.8. The van der Waals surface area contributed by atoms with Crippen LogP contribution >= 0.6 is 0 Å². The smallest absolute Gasteiger partial charge is 0.308 e. The third kappa shape index (κ3) is 4.50. The SMILES string of the molecule is C[C@@H](OC(=O)CCN1C(=O)Cc2ccccc2C1=O)C(=O)Nc1ccc2c(c1)CCC2. The first-order chi connectivity index (χ1) is 14.9. The van der Waals surface area contributed by atoms with Crippen molar-refractivity contribution in [3.05, 3.63) is 64.7 Å². The predicted octanol–water partition coefficient (Wildman–Crippen LogP) is 2.66. The number of benzene rings is 2. The molecule has 0 fully saturated rings. The number of carbonyl (C=O) groups is 4. The Morgan fingerprint density at radius 2 is 1.84 bits per heavy atom. The van der Waals surface area contributed by atoms with Crippen molar-refractivity contribution in [2.45, 2.75) is 45.1 Å². The standard InChI is InChI=1S/C24H24N2O5/c1-15(23(29)25-19-10-9-16-6-4-7-17(16)13-19)31-22(28)11-12-26-21(27)14-18-5-2-3-8-20(18)24(26)30/h2-3,5,8-10,13,15H,4,6-7,11-12,14H2,1H3,(H,25,29)/t15-/m1/s1. The summed E-state index contributed by atoms with van der Waals surface area (Å²) in [5, 5.41) is 2.77. The van der Waals surface area contributed by atoms with E-state index in [0.29, 0.717) is 16.8 Å². The van der Waals surface area contributed by atoms with Gasteiger partial charge in [0.15, 0.2) is 6.10 Å². The molecule has 0 saturated heterocycles. The average Bonchev–Trinajstić information content (AvgIpc) is 3.21. The van der Waals surface area contributed by atoms with Gasteiger partial charge in [0.05, 0.1) is 12.8 Å². The van der Waals surface area contributed by atoms with Gasteiger partial charge in [0.2, 0.25) is 5.91 Å². The van der Waals surface area contributed by atoms with Gasteiger partial charge in [0.1, 0.15) is 0 Å². The zero-order valence-electron chi connectivity index (χ0n) is 17.3. The molecular formula is C24H24N2O5. The van der Waals surface area contributed by atoms with Crippen LogP contribution in [0.25, 0.3) is 0 Å². The molecule has 1 N–H and O–H groups in total. The molecular weight excluding hydrogens is 396 g/mol. The van der Waals surface area contributed by atoms with Gasteiger partial charge in [-0.2, -0.15) is 0 Å². The minimum absolute atomic E-state index is 0.0794. The van der Waals surface area contributed by atoms with Crippen LogP contribution in [0.15, 0.2) is 42.5 Å². The molecule has 1 aliphatic heterocycles. The zero-order chi connectivity index (χ0) is 22.0. The van der Waals surface area contributed by atoms with Gasteiger partial charge in [-0.3, -0.25) is 24.1 Å². The monoisotopic (exact) mass is 420 g/mol. The van der Waals surface area contributed by atoms with E-state index >= 15 is 0 Å². The summed E-state index contributed by atoms with van der Waals surface area (Å²) in [5.41, 5.74) is 4.38. The molecule has 0 spiro atoms. The van der Waals surface area contributed by atoms with E-state index in [1.54, 1.807) is 24.3 Å². The highest BCUT2D eigenvalue weighted by atomic mass is 16.5. The van der Waals surface area contributed by atoms with Crippen LogP contribution in [0.1, 0.15) is 46.8 Å². The minimum Gasteiger partial charge on any atom is -0.452 e. The molecule has 1 heterocycles. The van der Waals surface area contributed by atoms with Crippen molar-refractivity contribution in [3.8, 4) is 0 Å². The van der Waals surface area contributed by atoms with Crippen molar-refractivity contribution in [2.24, 2.45) is 0 Å². The summed E-state index contributed by atoms with van der Waals surface area (Å²) in [6.07, 6.45) is 2.14. The molecule has 3 amide bonds. The third-order valence-electron chi connectivity index (χ3n) is 5.72. The van der Waals surface area contributed by atoms with E-state index in [0.717, 1.165) is 24.2 Å². The fourth-order valence-corrected chi connectivity index (χ4v) is 4.03. The predicted molar refractivity (Wildman–Crippen MR) is 113 cm³/mol. The highest BCUT2D eigenvalue weighted by molar-refractivity contribution is 6.09. The first-order valence-corrected chi connectivity index (χ1v) is 10.5. The molecule has 0 aromatic heterocycles. The van der Waals surface area contributed by atoms with Crippen LogP contribution in [0, 0.1) is 0 Å². The molecule has 31 heavy (non-hydrogen) atoms. The second-order valence-corrected chi connectivity index (χ2v) is 7.89. The number of carbonyl (C=O) groups excluding carboxylic acids is 4. The van der Waals surface area contributed by atoms with Crippen molar-refractivity contribution < 1.29 is 23.9 Å². The topological polar surface area (TPSA) is 92.8 Å². The second kappa shape index (κ2) is 8.71. The van der Waals surface area contributed by atoms with Crippen LogP contribution in [-0.4, -0.2) is 41.2 Å². The van der Waals surface area contributed by atoms with Crippen molar-refractivity contribution >= 4 is 29.4 Å². The quantitative estimate of drug-likeness (QED) is 0.573. The number of ether oxygens (including phenoxy) is 1. The number of aryl methyl sites for hydroxylation is 2. The Balaban J connectivity index is 1.29. The summed E-state index contributed by atoms with van der Waals surface area (Å²) < 4.78 is 5.21. The van der Waals surface area contributed by atoms with E-state index in [-0.39, 0.29) is 25.3 Å². The Labute approximate surface area is 180 Å². The highest BCUT2D eigenvalue weighted by Gasteiger charge is 2.31. The number of esters is 1. The Morgan fingerprint density at radius 1 is 1.06 bits per heavy atom. The maximum absolute atomic E-state index is 12.5. The van der Waals surface area contributed by atoms with E-state index in [1.165, 1.54) is 18.1 Å². The molecule has 0 unspecified atom stereocenters. The summed E-state index contributed by atoms with van der Waals surface area (Å²) in [7, 11) is 0. The number of nitrogens with one attached hydrogen (secondary N) is 1. The van der Waals surface area contributed by atoms with Crippen LogP contribution in [0.4, 0.5) is 5.69 Å². The molecule has 2 aromatic rings. The molecule has 7 heteroatoms. The second-order valence-electron chi connectivity index (χ2n) is 7.89. The third-order valence-corrected chi connectivity index (χ3v) is 5.72. The first kappa shape index (κ1) is 20.8. The molecule has 0 bridgehead atoms. The molecule has 1 atom stereocenters. The van der Waals surface area contributed by atoms with Crippen molar-refractivity contribution in [1.29, 1.82) is 0 Å². The van der Waals surface area contributed by atoms with Gasteiger partial charge in [0, 0.05) is 17.8 Å². The number of amides is 3. The summed E-state index contributed by atoms with van der Waals surface area (Å²) in [4.78, 5) is 50.5. The Bertz CT molecular complexity index is 1060. The maximum Gasteiger partial charge on any atom is 0.308 e. The Kier molecular flexibility index (Phi) is 5.84. The number of imide groups is 1. The summed E-state index contributed by atoms with van der Waals surface area (Å²) >= 11 is 0. The Hall–Kier alpha value is -3.48. The number of hydrogen-bond acceptors (Lipinski definition) is 5. The van der Waals surface area contributed by atoms with Gasteiger partial charge < -0.3 is 10.1 Å². The highest BCUT2D eigenvalue weighted by Crippen LogP contribution is 2.25. The van der Waals surface area contributed by atoms with E-state index < -0.39 is 23.9 Å². The van der Waals surface area contributed by atoms with Crippen LogP contribution in [0.5, 0.6) is 0 Å². The van der Waals surface area contributed by atoms with Crippen LogP contribution in [0.3, 0.4) is 0 Å². The van der Waals surface area contributed by atoms with Crippen LogP contribution < -0.4 is 5.32 Å². The van der Waals surface area contributed by atoms with E-state index in [9.17, 15) is 19.2 Å². The average molecular weight is 420 g/mol. The lowest BCUT2D eigenvalue weighted by molar-refractivity contribution is -0.153. The number of nitrogens with zero attached hydrogens (tertiary/aromatic N) is 1. The lowest BCUT2D eigenvalue weighted by Gasteiger charge is -2.26. The Morgan fingerprint density at radius 3 is 2.68 bits per heavy atom. The summed E-state index contributed by atoms with van der Waals surface area (Å²) in [6.45, 7) is 1.41. The largest absolute Gasteiger partial charge is 0.452 e. The number of rotatable bonds is 6. The maximum atomic E-state index is 12.5. The fourth-order valence-electron chi connectivity index (χ4n) is 4.03. The van der Waals surface area contributed by atoms with Gasteiger partial charge in [-0.1, -0.05) is 24.3 Å². The first-order valence-electron chi connectivity index (χ1n) is 10.5. The molecule has 0 radical (unpaired) electrons. The number of fused-ring (bicyclic) bond motifs is 2. The molecule has 1 aliphatic carbocycles. The minimum atomic E-state index is -0.991. The lowest BCUT2D eigenvalue weighted by Crippen LogP contribution is -2.43. The van der Waals surface area contributed by atoms with E-state index in [2.05, 4.69) is 5.32 Å². The van der Waals surface area contributed by atoms with Gasteiger partial charge in [-0.05, 0) is 61.1 Å². The molecule has 0 saturated carbocycles. The van der Waals surface area contributed by atoms with Gasteiger partial charge in [0.25, 0.3) is 11.8 Å². The van der Waals surface area contributed by atoms with Gasteiger partial charge in [-0.25, -0.2) is 0 Å². The molecule has 2 aliphatic rings. The van der Waals surface area contributed by atoms with Gasteiger partial charge in [-0.15, -0.1) is 0 Å². The van der Waals surface area contributed by atoms with Crippen LogP contribution in [0.2, 0.25) is 0 Å². The molecule has 160 valence electrons. The van der Waals surface area contributed by atoms with Gasteiger partial charge >= 0.3 is 5.97 Å². The summed E-state index contributed by atoms with van der Waals surface area (Å²) in [6, 6.07) is 12.8. The van der Waals surface area contributed by atoms with Crippen molar-refractivity contribution in [3.63, 3.8) is 0 Å². The lowest BCUT2D eigenvalue weighted by atomic mass is 9.98. The van der Waals surface area contributed by atoms with Crippen LogP contribution in [-0.2, 0) is 38.4 Å². The number of hydrogen-bond donors (Lipinski definition) is 1. The molecule has 7 nitrogen and oxygen atoms in total. The van der Waals surface area contributed by atoms with Crippen molar-refractivity contribution in [1.82, 2.24) is 4.90 Å². The van der Waals surface area contributed by atoms with Crippen molar-refractivity contribution in [2.75, 3.05) is 11.9 Å². The fraction of sp³-hybridized carbons (Fsp3) is 0.333. The zero-order valence-corrected chi connectivity index (χ0v) is 17.3. The van der Waals surface area contributed by atoms with E-state index in [1.807, 2.05) is 18.2 Å².